The second kappa shape index (κ2) is 2.32. The lowest BCUT2D eigenvalue weighted by Gasteiger charge is -2.34. The summed E-state index contributed by atoms with van der Waals surface area (Å²) in [5.74, 6) is 3.00. The average molecular weight is 123 g/mol. The van der Waals surface area contributed by atoms with Crippen molar-refractivity contribution in [3.8, 4) is 0 Å². The molecule has 2 aliphatic rings. The first kappa shape index (κ1) is 5.76. The molecule has 0 aromatic heterocycles. The van der Waals surface area contributed by atoms with E-state index in [1.165, 1.54) is 44.9 Å². The Hall–Kier alpha value is 0. The fraction of sp³-hybridized carbons (Fsp3) is 0.889. The van der Waals surface area contributed by atoms with Crippen LogP contribution in [-0.2, 0) is 0 Å². The Morgan fingerprint density at radius 1 is 0.889 bits per heavy atom. The molecule has 0 aromatic carbocycles. The zero-order valence-electron chi connectivity index (χ0n) is 6.03. The van der Waals surface area contributed by atoms with Crippen molar-refractivity contribution in [1.82, 2.24) is 0 Å². The van der Waals surface area contributed by atoms with Crippen LogP contribution in [0.4, 0.5) is 0 Å². The molecule has 0 nitrogen and oxygen atoms in total. The lowest BCUT2D eigenvalue weighted by Crippen LogP contribution is -2.21. The molecular formula is C9H15. The largest absolute Gasteiger partial charge is 0.0533 e. The molecule has 0 heterocycles. The van der Waals surface area contributed by atoms with Gasteiger partial charge in [0.1, 0.15) is 0 Å². The predicted octanol–water partition coefficient (Wildman–Crippen LogP) is 2.93. The van der Waals surface area contributed by atoms with Crippen LogP contribution < -0.4 is 0 Å². The Morgan fingerprint density at radius 3 is 2.67 bits per heavy atom. The molecule has 1 radical (unpaired) electrons. The first-order valence-electron chi connectivity index (χ1n) is 4.31. The predicted molar refractivity (Wildman–Crippen MR) is 39.1 cm³/mol. The Kier molecular flexibility index (Phi) is 1.48. The van der Waals surface area contributed by atoms with E-state index in [1.807, 2.05) is 5.92 Å². The molecule has 0 bridgehead atoms. The lowest BCUT2D eigenvalue weighted by atomic mass is 9.71. The summed E-state index contributed by atoms with van der Waals surface area (Å²) in [5, 5.41) is 0. The van der Waals surface area contributed by atoms with Gasteiger partial charge in [0.05, 0.1) is 0 Å². The van der Waals surface area contributed by atoms with Crippen molar-refractivity contribution in [2.24, 2.45) is 5.92 Å². The molecular weight excluding hydrogens is 108 g/mol. The van der Waals surface area contributed by atoms with Crippen molar-refractivity contribution in [3.05, 3.63) is 5.92 Å². The van der Waals surface area contributed by atoms with Crippen LogP contribution in [0.25, 0.3) is 0 Å². The van der Waals surface area contributed by atoms with Crippen molar-refractivity contribution >= 4 is 0 Å². The van der Waals surface area contributed by atoms with Gasteiger partial charge in [0, 0.05) is 0 Å². The zero-order valence-corrected chi connectivity index (χ0v) is 6.03. The van der Waals surface area contributed by atoms with E-state index in [-0.39, 0.29) is 0 Å². The molecule has 51 valence electrons. The highest BCUT2D eigenvalue weighted by atomic mass is 14.4. The maximum atomic E-state index is 1.91. The van der Waals surface area contributed by atoms with Gasteiger partial charge in [0.2, 0.25) is 0 Å². The molecule has 0 heteroatoms. The minimum atomic E-state index is 1.09. The van der Waals surface area contributed by atoms with E-state index < -0.39 is 0 Å². The van der Waals surface area contributed by atoms with Crippen LogP contribution in [-0.4, -0.2) is 0 Å². The van der Waals surface area contributed by atoms with Crippen molar-refractivity contribution in [2.45, 2.75) is 44.9 Å². The van der Waals surface area contributed by atoms with Gasteiger partial charge in [0.15, 0.2) is 0 Å². The summed E-state index contributed by atoms with van der Waals surface area (Å²) < 4.78 is 0. The standard InChI is InChI=1S/C9H15/c1-2-4-8-6-7-9(8)5-3-1/h8H,1-7H2. The fourth-order valence-electron chi connectivity index (χ4n) is 2.15. The third kappa shape index (κ3) is 0.997. The molecule has 9 heavy (non-hydrogen) atoms. The summed E-state index contributed by atoms with van der Waals surface area (Å²) in [6.07, 6.45) is 10.5. The van der Waals surface area contributed by atoms with Gasteiger partial charge in [-0.3, -0.25) is 0 Å². The van der Waals surface area contributed by atoms with Gasteiger partial charge in [-0.2, -0.15) is 0 Å². The van der Waals surface area contributed by atoms with Crippen molar-refractivity contribution in [3.63, 3.8) is 0 Å². The van der Waals surface area contributed by atoms with E-state index >= 15 is 0 Å². The second-order valence-electron chi connectivity index (χ2n) is 3.49. The first-order valence-corrected chi connectivity index (χ1v) is 4.31. The molecule has 2 saturated carbocycles. The highest BCUT2D eigenvalue weighted by molar-refractivity contribution is 5.06. The molecule has 1 atom stereocenters. The van der Waals surface area contributed by atoms with E-state index in [4.69, 9.17) is 0 Å². The maximum Gasteiger partial charge on any atom is -0.0210 e. The van der Waals surface area contributed by atoms with Crippen LogP contribution in [0.5, 0.6) is 0 Å². The van der Waals surface area contributed by atoms with E-state index in [1.54, 1.807) is 0 Å². The normalized spacial score (nSPS) is 36.7. The van der Waals surface area contributed by atoms with E-state index in [0.717, 1.165) is 5.92 Å². The Balaban J connectivity index is 1.90. The van der Waals surface area contributed by atoms with Crippen molar-refractivity contribution in [2.75, 3.05) is 0 Å². The number of hydrogen-bond donors (Lipinski definition) is 0. The van der Waals surface area contributed by atoms with Crippen LogP contribution in [0.2, 0.25) is 0 Å². The van der Waals surface area contributed by atoms with Crippen LogP contribution in [0.15, 0.2) is 0 Å². The highest BCUT2D eigenvalue weighted by Gasteiger charge is 2.31. The molecule has 0 aromatic rings. The van der Waals surface area contributed by atoms with E-state index in [9.17, 15) is 0 Å². The minimum absolute atomic E-state index is 1.09. The second-order valence-corrected chi connectivity index (χ2v) is 3.49. The van der Waals surface area contributed by atoms with Crippen molar-refractivity contribution in [1.29, 1.82) is 0 Å². The lowest BCUT2D eigenvalue weighted by molar-refractivity contribution is 0.334. The quantitative estimate of drug-likeness (QED) is 0.464. The molecule has 0 amide bonds. The summed E-state index contributed by atoms with van der Waals surface area (Å²) in [5.41, 5.74) is 0. The van der Waals surface area contributed by atoms with Gasteiger partial charge in [0.25, 0.3) is 0 Å². The third-order valence-corrected chi connectivity index (χ3v) is 2.94. The highest BCUT2D eigenvalue weighted by Crippen LogP contribution is 2.44. The topological polar surface area (TPSA) is 0 Å². The molecule has 2 fully saturated rings. The summed E-state index contributed by atoms with van der Waals surface area (Å²) in [6, 6.07) is 0. The summed E-state index contributed by atoms with van der Waals surface area (Å²) >= 11 is 0. The van der Waals surface area contributed by atoms with Gasteiger partial charge in [-0.1, -0.05) is 19.3 Å². The van der Waals surface area contributed by atoms with Crippen LogP contribution in [0, 0.1) is 11.8 Å². The molecule has 0 N–H and O–H groups in total. The summed E-state index contributed by atoms with van der Waals surface area (Å²) in [7, 11) is 0. The third-order valence-electron chi connectivity index (χ3n) is 2.94. The van der Waals surface area contributed by atoms with E-state index in [0.29, 0.717) is 0 Å². The molecule has 2 rings (SSSR count). The van der Waals surface area contributed by atoms with E-state index in [2.05, 4.69) is 0 Å². The minimum Gasteiger partial charge on any atom is -0.0533 e. The van der Waals surface area contributed by atoms with Gasteiger partial charge in [-0.25, -0.2) is 0 Å². The van der Waals surface area contributed by atoms with Crippen LogP contribution >= 0.6 is 0 Å². The Bertz CT molecular complexity index is 84.2. The van der Waals surface area contributed by atoms with Gasteiger partial charge < -0.3 is 0 Å². The maximum absolute atomic E-state index is 1.91. The van der Waals surface area contributed by atoms with Gasteiger partial charge in [-0.05, 0) is 37.5 Å². The number of hydrogen-bond acceptors (Lipinski definition) is 0. The number of fused-ring (bicyclic) bond motifs is 1. The van der Waals surface area contributed by atoms with Crippen molar-refractivity contribution < 1.29 is 0 Å². The average Bonchev–Trinajstić information content (AvgIpc) is 1.94. The van der Waals surface area contributed by atoms with Gasteiger partial charge >= 0.3 is 0 Å². The molecule has 0 spiro atoms. The molecule has 0 aliphatic heterocycles. The summed E-state index contributed by atoms with van der Waals surface area (Å²) in [4.78, 5) is 0. The molecule has 2 aliphatic carbocycles. The zero-order chi connectivity index (χ0) is 6.10. The number of rotatable bonds is 0. The van der Waals surface area contributed by atoms with Crippen LogP contribution in [0.1, 0.15) is 44.9 Å². The SMILES string of the molecule is C1CC[C]2CCC2CC1. The van der Waals surface area contributed by atoms with Crippen LogP contribution in [0.3, 0.4) is 0 Å². The first-order chi connectivity index (χ1) is 4.47. The smallest absolute Gasteiger partial charge is 0.0210 e. The fourth-order valence-corrected chi connectivity index (χ4v) is 2.15. The molecule has 0 saturated heterocycles. The molecule has 1 unspecified atom stereocenters. The Labute approximate surface area is 57.6 Å². The van der Waals surface area contributed by atoms with Gasteiger partial charge in [-0.15, -0.1) is 0 Å². The Morgan fingerprint density at radius 2 is 1.89 bits per heavy atom. The monoisotopic (exact) mass is 123 g/mol. The summed E-state index contributed by atoms with van der Waals surface area (Å²) in [6.45, 7) is 0.